The van der Waals surface area contributed by atoms with E-state index < -0.39 is 10.0 Å². The second kappa shape index (κ2) is 8.74. The number of ether oxygens (including phenoxy) is 1. The molecular formula is C13H24N2O3S2. The maximum absolute atomic E-state index is 12.2. The number of sulfonamides is 1. The van der Waals surface area contributed by atoms with Gasteiger partial charge < -0.3 is 10.1 Å². The van der Waals surface area contributed by atoms with Crippen LogP contribution in [0.5, 0.6) is 0 Å². The van der Waals surface area contributed by atoms with Gasteiger partial charge in [0, 0.05) is 37.2 Å². The minimum atomic E-state index is -3.42. The molecule has 0 unspecified atom stereocenters. The highest BCUT2D eigenvalue weighted by molar-refractivity contribution is 7.89. The molecule has 0 saturated carbocycles. The maximum atomic E-state index is 12.2. The first-order chi connectivity index (χ1) is 9.47. The molecule has 0 amide bonds. The molecule has 20 heavy (non-hydrogen) atoms. The van der Waals surface area contributed by atoms with E-state index in [1.165, 1.54) is 11.3 Å². The first-order valence-corrected chi connectivity index (χ1v) is 9.20. The van der Waals surface area contributed by atoms with Gasteiger partial charge in [-0.05, 0) is 24.8 Å². The Labute approximate surface area is 125 Å². The zero-order valence-corrected chi connectivity index (χ0v) is 13.9. The van der Waals surface area contributed by atoms with E-state index in [0.29, 0.717) is 43.7 Å². The molecule has 1 aromatic rings. The van der Waals surface area contributed by atoms with Gasteiger partial charge in [-0.1, -0.05) is 13.8 Å². The molecule has 0 radical (unpaired) electrons. The van der Waals surface area contributed by atoms with E-state index in [1.807, 2.05) is 26.2 Å². The van der Waals surface area contributed by atoms with Gasteiger partial charge in [0.2, 0.25) is 10.0 Å². The number of rotatable bonds is 10. The van der Waals surface area contributed by atoms with Crippen LogP contribution in [0.1, 0.15) is 32.1 Å². The Hall–Kier alpha value is -0.470. The predicted molar refractivity (Wildman–Crippen MR) is 82.6 cm³/mol. The van der Waals surface area contributed by atoms with Crippen LogP contribution in [0, 0.1) is 0 Å². The van der Waals surface area contributed by atoms with E-state index in [1.54, 1.807) is 6.07 Å². The van der Waals surface area contributed by atoms with Crippen molar-refractivity contribution in [1.29, 1.82) is 0 Å². The van der Waals surface area contributed by atoms with Crippen LogP contribution in [-0.4, -0.2) is 34.2 Å². The van der Waals surface area contributed by atoms with Crippen molar-refractivity contribution < 1.29 is 13.2 Å². The fourth-order valence-corrected chi connectivity index (χ4v) is 4.06. The second-order valence-electron chi connectivity index (χ2n) is 4.69. The molecule has 5 nitrogen and oxygen atoms in total. The zero-order chi connectivity index (χ0) is 15.0. The lowest BCUT2D eigenvalue weighted by Crippen LogP contribution is -2.27. The Morgan fingerprint density at radius 3 is 2.80 bits per heavy atom. The van der Waals surface area contributed by atoms with Crippen molar-refractivity contribution in [1.82, 2.24) is 10.0 Å². The smallest absolute Gasteiger partial charge is 0.241 e. The molecule has 0 aromatic carbocycles. The van der Waals surface area contributed by atoms with Crippen molar-refractivity contribution in [2.24, 2.45) is 0 Å². The Balaban J connectivity index is 2.56. The summed E-state index contributed by atoms with van der Waals surface area (Å²) in [5.74, 6) is 0. The molecule has 1 rings (SSSR count). The molecule has 1 aromatic heterocycles. The Morgan fingerprint density at radius 1 is 1.40 bits per heavy atom. The topological polar surface area (TPSA) is 67.4 Å². The third-order valence-corrected chi connectivity index (χ3v) is 5.22. The highest BCUT2D eigenvalue weighted by atomic mass is 32.2. The molecule has 0 aliphatic heterocycles. The van der Waals surface area contributed by atoms with Gasteiger partial charge in [0.15, 0.2) is 0 Å². The van der Waals surface area contributed by atoms with Crippen LogP contribution in [0.3, 0.4) is 0 Å². The quantitative estimate of drug-likeness (QED) is 0.647. The average Bonchev–Trinajstić information content (AvgIpc) is 2.85. The lowest BCUT2D eigenvalue weighted by molar-refractivity contribution is 0.146. The summed E-state index contributed by atoms with van der Waals surface area (Å²) in [5.41, 5.74) is 0. The van der Waals surface area contributed by atoms with Crippen molar-refractivity contribution in [3.05, 3.63) is 16.3 Å². The molecule has 0 aliphatic rings. The van der Waals surface area contributed by atoms with Crippen molar-refractivity contribution in [3.63, 3.8) is 0 Å². The van der Waals surface area contributed by atoms with Gasteiger partial charge in [0.05, 0.1) is 4.90 Å². The Kier molecular flexibility index (Phi) is 7.68. The van der Waals surface area contributed by atoms with Crippen LogP contribution >= 0.6 is 11.3 Å². The standard InChI is InChI=1S/C13H24N2O3S2/c1-4-18-8-5-7-15-20(16,17)13-6-9-19-12(13)10-14-11(2)3/h6,9,11,14-15H,4-5,7-8,10H2,1-3H3. The first kappa shape index (κ1) is 17.6. The lowest BCUT2D eigenvalue weighted by atomic mass is 10.4. The first-order valence-electron chi connectivity index (χ1n) is 6.84. The maximum Gasteiger partial charge on any atom is 0.241 e. The molecule has 0 atom stereocenters. The summed E-state index contributed by atoms with van der Waals surface area (Å²) in [6.07, 6.45) is 0.677. The molecule has 0 spiro atoms. The lowest BCUT2D eigenvalue weighted by Gasteiger charge is -2.10. The van der Waals surface area contributed by atoms with Gasteiger partial charge in [-0.3, -0.25) is 0 Å². The summed E-state index contributed by atoms with van der Waals surface area (Å²) in [5, 5.41) is 5.05. The number of thiophene rings is 1. The van der Waals surface area contributed by atoms with E-state index in [9.17, 15) is 8.42 Å². The van der Waals surface area contributed by atoms with E-state index in [2.05, 4.69) is 10.0 Å². The molecule has 0 saturated heterocycles. The second-order valence-corrected chi connectivity index (χ2v) is 7.43. The van der Waals surface area contributed by atoms with Crippen LogP contribution in [0.15, 0.2) is 16.3 Å². The largest absolute Gasteiger partial charge is 0.382 e. The van der Waals surface area contributed by atoms with Gasteiger partial charge in [-0.2, -0.15) is 0 Å². The predicted octanol–water partition coefficient (Wildman–Crippen LogP) is 1.95. The van der Waals surface area contributed by atoms with Gasteiger partial charge >= 0.3 is 0 Å². The summed E-state index contributed by atoms with van der Waals surface area (Å²) < 4.78 is 32.2. The third-order valence-electron chi connectivity index (χ3n) is 2.63. The summed E-state index contributed by atoms with van der Waals surface area (Å²) in [6.45, 7) is 8.19. The SMILES string of the molecule is CCOCCCNS(=O)(=O)c1ccsc1CNC(C)C. The van der Waals surface area contributed by atoms with Gasteiger partial charge in [0.1, 0.15) is 0 Å². The van der Waals surface area contributed by atoms with Gasteiger partial charge in [0.25, 0.3) is 0 Å². The van der Waals surface area contributed by atoms with Crippen molar-refractivity contribution in [2.45, 2.75) is 44.7 Å². The molecule has 1 heterocycles. The minimum absolute atomic E-state index is 0.326. The van der Waals surface area contributed by atoms with Crippen molar-refractivity contribution >= 4 is 21.4 Å². The zero-order valence-electron chi connectivity index (χ0n) is 12.3. The van der Waals surface area contributed by atoms with E-state index in [0.717, 1.165) is 4.88 Å². The third kappa shape index (κ3) is 5.88. The molecule has 7 heteroatoms. The van der Waals surface area contributed by atoms with Crippen LogP contribution in [0.25, 0.3) is 0 Å². The van der Waals surface area contributed by atoms with Gasteiger partial charge in [-0.15, -0.1) is 11.3 Å². The van der Waals surface area contributed by atoms with Crippen molar-refractivity contribution in [2.75, 3.05) is 19.8 Å². The molecule has 0 aliphatic carbocycles. The monoisotopic (exact) mass is 320 g/mol. The van der Waals surface area contributed by atoms with Crippen LogP contribution in [-0.2, 0) is 21.3 Å². The fraction of sp³-hybridized carbons (Fsp3) is 0.692. The van der Waals surface area contributed by atoms with Crippen LogP contribution < -0.4 is 10.0 Å². The molecule has 116 valence electrons. The van der Waals surface area contributed by atoms with E-state index in [-0.39, 0.29) is 0 Å². The number of nitrogens with one attached hydrogen (secondary N) is 2. The van der Waals surface area contributed by atoms with Crippen LogP contribution in [0.4, 0.5) is 0 Å². The summed E-state index contributed by atoms with van der Waals surface area (Å²) in [6, 6.07) is 1.99. The fourth-order valence-electron chi connectivity index (χ4n) is 1.60. The molecule has 0 bridgehead atoms. The Bertz CT molecular complexity index is 484. The number of hydrogen-bond donors (Lipinski definition) is 2. The average molecular weight is 320 g/mol. The van der Waals surface area contributed by atoms with E-state index in [4.69, 9.17) is 4.74 Å². The normalized spacial score (nSPS) is 12.2. The highest BCUT2D eigenvalue weighted by Crippen LogP contribution is 2.21. The molecule has 0 fully saturated rings. The Morgan fingerprint density at radius 2 is 2.15 bits per heavy atom. The minimum Gasteiger partial charge on any atom is -0.382 e. The molecule has 2 N–H and O–H groups in total. The van der Waals surface area contributed by atoms with Crippen LogP contribution in [0.2, 0.25) is 0 Å². The van der Waals surface area contributed by atoms with Gasteiger partial charge in [-0.25, -0.2) is 13.1 Å². The summed E-state index contributed by atoms with van der Waals surface area (Å²) in [7, 11) is -3.42. The van der Waals surface area contributed by atoms with Crippen molar-refractivity contribution in [3.8, 4) is 0 Å². The molecular weight excluding hydrogens is 296 g/mol. The number of hydrogen-bond acceptors (Lipinski definition) is 5. The highest BCUT2D eigenvalue weighted by Gasteiger charge is 2.19. The summed E-state index contributed by atoms with van der Waals surface area (Å²) in [4.78, 5) is 1.23. The van der Waals surface area contributed by atoms with E-state index >= 15 is 0 Å². The summed E-state index contributed by atoms with van der Waals surface area (Å²) >= 11 is 1.46.